The molecule has 0 unspecified atom stereocenters. The summed E-state index contributed by atoms with van der Waals surface area (Å²) in [5, 5.41) is 5.81. The average molecular weight is 382 g/mol. The third-order valence-electron chi connectivity index (χ3n) is 4.94. The molecular formula is C22H20ClNO3. The quantitative estimate of drug-likeness (QED) is 0.660. The summed E-state index contributed by atoms with van der Waals surface area (Å²) in [6.07, 6.45) is 0.332. The van der Waals surface area contributed by atoms with E-state index in [9.17, 15) is 4.79 Å². The summed E-state index contributed by atoms with van der Waals surface area (Å²) in [4.78, 5) is 12.4. The van der Waals surface area contributed by atoms with Crippen molar-refractivity contribution < 1.29 is 14.3 Å². The van der Waals surface area contributed by atoms with Crippen LogP contribution in [0, 0.1) is 0 Å². The molecule has 0 saturated carbocycles. The van der Waals surface area contributed by atoms with Gasteiger partial charge < -0.3 is 14.8 Å². The molecule has 0 radical (unpaired) electrons. The molecule has 0 aromatic heterocycles. The summed E-state index contributed by atoms with van der Waals surface area (Å²) in [5.74, 6) is 1.04. The van der Waals surface area contributed by atoms with Crippen molar-refractivity contribution in [2.24, 2.45) is 0 Å². The van der Waals surface area contributed by atoms with E-state index in [-0.39, 0.29) is 11.8 Å². The van der Waals surface area contributed by atoms with Gasteiger partial charge in [0.25, 0.3) is 0 Å². The first-order valence-electron chi connectivity index (χ1n) is 8.94. The molecule has 1 heterocycles. The maximum Gasteiger partial charge on any atom is 0.225 e. The molecule has 0 fully saturated rings. The fourth-order valence-electron chi connectivity index (χ4n) is 3.78. The summed E-state index contributed by atoms with van der Waals surface area (Å²) < 4.78 is 11.1. The molecule has 1 N–H and O–H groups in total. The van der Waals surface area contributed by atoms with Crippen LogP contribution in [0.1, 0.15) is 30.4 Å². The molecular weight excluding hydrogens is 362 g/mol. The van der Waals surface area contributed by atoms with Crippen molar-refractivity contribution in [2.75, 3.05) is 19.0 Å². The van der Waals surface area contributed by atoms with Crippen molar-refractivity contribution >= 4 is 34.0 Å². The van der Waals surface area contributed by atoms with Gasteiger partial charge in [0.05, 0.1) is 13.7 Å². The van der Waals surface area contributed by atoms with Gasteiger partial charge in [-0.3, -0.25) is 4.79 Å². The number of methoxy groups -OCH3 is 1. The third kappa shape index (κ3) is 3.10. The van der Waals surface area contributed by atoms with Crippen LogP contribution in [0.4, 0.5) is 5.69 Å². The highest BCUT2D eigenvalue weighted by Crippen LogP contribution is 2.46. The van der Waals surface area contributed by atoms with E-state index in [4.69, 9.17) is 21.1 Å². The number of rotatable bonds is 4. The lowest BCUT2D eigenvalue weighted by molar-refractivity contribution is -0.116. The van der Waals surface area contributed by atoms with Gasteiger partial charge in [-0.05, 0) is 41.0 Å². The lowest BCUT2D eigenvalue weighted by Crippen LogP contribution is -2.24. The van der Waals surface area contributed by atoms with E-state index < -0.39 is 0 Å². The van der Waals surface area contributed by atoms with Gasteiger partial charge in [-0.1, -0.05) is 41.9 Å². The maximum absolute atomic E-state index is 12.4. The summed E-state index contributed by atoms with van der Waals surface area (Å²) in [5.41, 5.74) is 2.79. The first kappa shape index (κ1) is 17.7. The maximum atomic E-state index is 12.4. The van der Waals surface area contributed by atoms with Crippen LogP contribution in [0.5, 0.6) is 11.5 Å². The number of halogens is 1. The van der Waals surface area contributed by atoms with E-state index >= 15 is 0 Å². The molecule has 1 aliphatic heterocycles. The predicted octanol–water partition coefficient (Wildman–Crippen LogP) is 5.37. The van der Waals surface area contributed by atoms with Crippen LogP contribution in [-0.2, 0) is 4.79 Å². The normalized spacial score (nSPS) is 16.0. The molecule has 3 aromatic rings. The number of amides is 1. The van der Waals surface area contributed by atoms with Crippen molar-refractivity contribution in [1.82, 2.24) is 0 Å². The number of nitrogens with one attached hydrogen (secondary N) is 1. The van der Waals surface area contributed by atoms with Crippen LogP contribution in [-0.4, -0.2) is 19.6 Å². The molecule has 0 aliphatic carbocycles. The largest absolute Gasteiger partial charge is 0.493 e. The van der Waals surface area contributed by atoms with Gasteiger partial charge in [0.15, 0.2) is 11.5 Å². The zero-order chi connectivity index (χ0) is 19.0. The zero-order valence-corrected chi connectivity index (χ0v) is 16.0. The number of fused-ring (bicyclic) bond motifs is 3. The summed E-state index contributed by atoms with van der Waals surface area (Å²) in [6, 6.07) is 15.8. The highest BCUT2D eigenvalue weighted by Gasteiger charge is 2.30. The zero-order valence-electron chi connectivity index (χ0n) is 15.2. The second-order valence-corrected chi connectivity index (χ2v) is 6.92. The van der Waals surface area contributed by atoms with Crippen molar-refractivity contribution in [3.05, 3.63) is 64.7 Å². The Kier molecular flexibility index (Phi) is 4.66. The molecule has 4 rings (SSSR count). The molecule has 0 saturated heterocycles. The van der Waals surface area contributed by atoms with Gasteiger partial charge >= 0.3 is 0 Å². The molecule has 4 nitrogen and oxygen atoms in total. The highest BCUT2D eigenvalue weighted by atomic mass is 35.5. The molecule has 138 valence electrons. The number of anilines is 1. The number of hydrogen-bond acceptors (Lipinski definition) is 3. The van der Waals surface area contributed by atoms with E-state index in [1.165, 1.54) is 0 Å². The van der Waals surface area contributed by atoms with E-state index in [2.05, 4.69) is 17.4 Å². The van der Waals surface area contributed by atoms with Crippen LogP contribution in [0.25, 0.3) is 10.8 Å². The second kappa shape index (κ2) is 7.12. The molecule has 1 atom stereocenters. The van der Waals surface area contributed by atoms with Gasteiger partial charge in [0.1, 0.15) is 0 Å². The van der Waals surface area contributed by atoms with Crippen molar-refractivity contribution in [1.29, 1.82) is 0 Å². The summed E-state index contributed by atoms with van der Waals surface area (Å²) >= 11 is 6.61. The number of benzene rings is 3. The number of ether oxygens (including phenoxy) is 2. The van der Waals surface area contributed by atoms with Crippen molar-refractivity contribution in [2.45, 2.75) is 19.3 Å². The number of carbonyl (C=O) groups is 1. The minimum atomic E-state index is -0.155. The van der Waals surface area contributed by atoms with Crippen molar-refractivity contribution in [3.63, 3.8) is 0 Å². The lowest BCUT2D eigenvalue weighted by atomic mass is 9.82. The topological polar surface area (TPSA) is 47.6 Å². The average Bonchev–Trinajstić information content (AvgIpc) is 2.68. The standard InChI is InChI=1S/C22H20ClNO3/c1-3-27-20-10-15(17(23)12-19(20)26-2)16-11-21(25)24-18-9-8-13-6-4-5-7-14(13)22(16)18/h4-10,12,16H,3,11H2,1-2H3,(H,24,25)/t16-/m0/s1. The van der Waals surface area contributed by atoms with Gasteiger partial charge in [-0.15, -0.1) is 0 Å². The molecule has 0 spiro atoms. The van der Waals surface area contributed by atoms with Crippen LogP contribution < -0.4 is 14.8 Å². The van der Waals surface area contributed by atoms with E-state index in [0.717, 1.165) is 27.6 Å². The predicted molar refractivity (Wildman–Crippen MR) is 108 cm³/mol. The van der Waals surface area contributed by atoms with Gasteiger partial charge in [0, 0.05) is 29.1 Å². The Bertz CT molecular complexity index is 1030. The highest BCUT2D eigenvalue weighted by molar-refractivity contribution is 6.31. The van der Waals surface area contributed by atoms with Gasteiger partial charge in [0.2, 0.25) is 5.91 Å². The van der Waals surface area contributed by atoms with E-state index in [0.29, 0.717) is 29.5 Å². The Morgan fingerprint density at radius 2 is 1.96 bits per heavy atom. The molecule has 27 heavy (non-hydrogen) atoms. The molecule has 1 aliphatic rings. The summed E-state index contributed by atoms with van der Waals surface area (Å²) in [6.45, 7) is 2.44. The first-order chi connectivity index (χ1) is 13.1. The first-order valence-corrected chi connectivity index (χ1v) is 9.32. The Hall–Kier alpha value is -2.72. The van der Waals surface area contributed by atoms with E-state index in [1.807, 2.05) is 37.3 Å². The van der Waals surface area contributed by atoms with Crippen LogP contribution >= 0.6 is 11.6 Å². The van der Waals surface area contributed by atoms with Gasteiger partial charge in [-0.25, -0.2) is 0 Å². The van der Waals surface area contributed by atoms with Crippen LogP contribution in [0.2, 0.25) is 5.02 Å². The van der Waals surface area contributed by atoms with E-state index in [1.54, 1.807) is 13.2 Å². The van der Waals surface area contributed by atoms with Crippen LogP contribution in [0.15, 0.2) is 48.5 Å². The van der Waals surface area contributed by atoms with Crippen molar-refractivity contribution in [3.8, 4) is 11.5 Å². The molecule has 5 heteroatoms. The second-order valence-electron chi connectivity index (χ2n) is 6.51. The monoisotopic (exact) mass is 381 g/mol. The minimum Gasteiger partial charge on any atom is -0.493 e. The Balaban J connectivity index is 1.94. The Morgan fingerprint density at radius 1 is 1.15 bits per heavy atom. The van der Waals surface area contributed by atoms with Gasteiger partial charge in [-0.2, -0.15) is 0 Å². The fourth-order valence-corrected chi connectivity index (χ4v) is 4.07. The lowest BCUT2D eigenvalue weighted by Gasteiger charge is -2.28. The Morgan fingerprint density at radius 3 is 2.74 bits per heavy atom. The minimum absolute atomic E-state index is 0.0207. The SMILES string of the molecule is CCOc1cc([C@@H]2CC(=O)Nc3ccc4ccccc4c32)c(Cl)cc1OC. The number of hydrogen-bond donors (Lipinski definition) is 1. The molecule has 0 bridgehead atoms. The summed E-state index contributed by atoms with van der Waals surface area (Å²) in [7, 11) is 1.59. The molecule has 3 aromatic carbocycles. The third-order valence-corrected chi connectivity index (χ3v) is 5.27. The molecule has 1 amide bonds. The van der Waals surface area contributed by atoms with Crippen LogP contribution in [0.3, 0.4) is 0 Å². The fraction of sp³-hybridized carbons (Fsp3) is 0.227. The Labute approximate surface area is 163 Å². The smallest absolute Gasteiger partial charge is 0.225 e. The number of carbonyl (C=O) groups excluding carboxylic acids is 1.